The maximum atomic E-state index is 14.5. The van der Waals surface area contributed by atoms with Crippen molar-refractivity contribution in [2.45, 2.75) is 180 Å². The zero-order valence-corrected chi connectivity index (χ0v) is 86.8. The van der Waals surface area contributed by atoms with Crippen LogP contribution in [0.4, 0.5) is 21.4 Å². The second-order valence-electron chi connectivity index (χ2n) is 39.4. The van der Waals surface area contributed by atoms with E-state index in [-0.39, 0.29) is 84.7 Å². The number of aromatic carboxylic acids is 1. The highest BCUT2D eigenvalue weighted by atomic mass is 32.2. The summed E-state index contributed by atoms with van der Waals surface area (Å²) in [7, 11) is -3.05. The largest absolute Gasteiger partial charge is 0.491 e. The van der Waals surface area contributed by atoms with Gasteiger partial charge in [0.05, 0.1) is 179 Å². The number of rotatable bonds is 64. The van der Waals surface area contributed by atoms with E-state index in [1.165, 1.54) is 36.5 Å². The molecule has 4 saturated carbocycles. The third kappa shape index (κ3) is 32.8. The number of aliphatic hydroxyl groups excluding tert-OH is 3. The van der Waals surface area contributed by atoms with Gasteiger partial charge < -0.3 is 122 Å². The third-order valence-electron chi connectivity index (χ3n) is 27.2. The van der Waals surface area contributed by atoms with Gasteiger partial charge in [0.25, 0.3) is 27.8 Å². The molecule has 3 aromatic heterocycles. The molecule has 149 heavy (non-hydrogen) atoms. The molecule has 4 bridgehead atoms. The summed E-state index contributed by atoms with van der Waals surface area (Å²) < 4.78 is 123. The summed E-state index contributed by atoms with van der Waals surface area (Å²) in [6, 6.07) is 23.7. The van der Waals surface area contributed by atoms with Crippen molar-refractivity contribution in [2.75, 3.05) is 200 Å². The number of aromatic nitrogens is 4. The molecular weight excluding hydrogens is 1980 g/mol. The van der Waals surface area contributed by atoms with Gasteiger partial charge in [-0.1, -0.05) is 81.5 Å². The number of methoxy groups -OCH3 is 1. The van der Waals surface area contributed by atoms with Gasteiger partial charge in [-0.05, 0) is 176 Å². The third-order valence-corrected chi connectivity index (χ3v) is 28.8. The number of nitrogens with zero attached hydrogens (tertiary/aromatic N) is 7. The predicted molar refractivity (Wildman–Crippen MR) is 542 cm³/mol. The fraction of sp³-hybridized carbons (Fsp3) is 0.577. The Morgan fingerprint density at radius 2 is 1.21 bits per heavy atom. The Balaban J connectivity index is 0.566. The van der Waals surface area contributed by atoms with Gasteiger partial charge in [-0.25, -0.2) is 24.4 Å². The van der Waals surface area contributed by atoms with E-state index in [9.17, 15) is 81.7 Å². The maximum Gasteiger partial charge on any atom is 0.410 e. The molecule has 4 aliphatic carbocycles. The van der Waals surface area contributed by atoms with Crippen LogP contribution in [0.25, 0.3) is 21.3 Å². The first-order chi connectivity index (χ1) is 71.5. The molecule has 814 valence electrons. The van der Waals surface area contributed by atoms with Crippen molar-refractivity contribution in [1.82, 2.24) is 40.2 Å². The lowest BCUT2D eigenvalue weighted by Crippen LogP contribution is -2.64. The average Bonchev–Trinajstić information content (AvgIpc) is 1.32. The number of fused-ring (bicyclic) bond motifs is 2. The standard InChI is InChI=1S/C104H139N11O32S2/c1-67(2)87(110-95(123)81(115-85(116)25-26-86(115)117)55-70-15-20-75(21-16-70)144-53-52-143-51-50-142-49-48-141-47-46-140-45-44-139-43-42-138-41-40-137-39-38-136-37-36-135-35-34-134-33-32-133-7)96(124)106-68(3)93(121)107-74-19-17-73(72(56-74)18-23-82-89(118)90(119)91(120)92(147-82)98(127)128)59-145-100(129)112(30-54-149(130,131)132)29-31-146-104-63-101(5)60-102(6,64-104)62-103(61-101,65-104)66-114-69(4)78(57-105-114)76-22-24-84(109-88(76)97(125)126)113-28-27-71-11-10-12-77(79(71)58-113)94(122)111-99-108-80-13-8-9-14-83(80)148-99/h8-17,19-22,24-26,56-57,67-68,81-82,87,89-92,118-120H,18,23,27-55,58-66H2,1-7H3,(H,106,124)(H,107,121)(H,110,123)(H,125,126)(H,127,128)(H,108,111,122)(H,130,131,132)/t68-,81-,82-,87-,89-,90+,91-,92?,101?,102?,103?,104?/m0/s1. The SMILES string of the molecule is COCCOCCOCCOCCOCCOCCOCCOCCOCCOCCOCCOc1ccc(C[C@@H](C(=O)N[C@H](C(=O)N[C@@H](C)C(=O)Nc2ccc(COC(=O)N(CCOC34CC5(C)CC(C)(CC(Cn6ncc(-c7ccc(N8CCc9cccc(C(=O)Nc%10nc%11ccccc%11s%10)c9C8)nc7C(=O)O)c6C)(C5)C3)C4)CCS(=O)(=O)O)c(CC[C@@H]3OC(C(=O)O)[C@@H](O)[C@H](O)[C@H]3O)c2)C(C)C)N2C(=O)C=CC2=O)cc1. The molecule has 3 aliphatic heterocycles. The minimum absolute atomic E-state index is 0.0968. The maximum absolute atomic E-state index is 14.5. The van der Waals surface area contributed by atoms with E-state index in [4.69, 9.17) is 81.1 Å². The number of hydrogen-bond acceptors (Lipinski definition) is 34. The van der Waals surface area contributed by atoms with Gasteiger partial charge in [0.1, 0.15) is 61.2 Å². The fourth-order valence-electron chi connectivity index (χ4n) is 21.1. The smallest absolute Gasteiger partial charge is 0.410 e. The van der Waals surface area contributed by atoms with Gasteiger partial charge in [-0.3, -0.25) is 48.2 Å². The van der Waals surface area contributed by atoms with Crippen LogP contribution in [0.1, 0.15) is 134 Å². The lowest BCUT2D eigenvalue weighted by Gasteiger charge is -2.69. The van der Waals surface area contributed by atoms with E-state index in [0.717, 1.165) is 68.3 Å². The van der Waals surface area contributed by atoms with Crippen LogP contribution in [-0.4, -0.2) is 360 Å². The van der Waals surface area contributed by atoms with Crippen LogP contribution < -0.4 is 30.9 Å². The minimum Gasteiger partial charge on any atom is -0.491 e. The Bertz CT molecular complexity index is 5760. The highest BCUT2D eigenvalue weighted by Gasteiger charge is 2.66. The summed E-state index contributed by atoms with van der Waals surface area (Å²) in [4.78, 5) is 137. The lowest BCUT2D eigenvalue weighted by atomic mass is 9.39. The van der Waals surface area contributed by atoms with Crippen molar-refractivity contribution < 1.29 is 153 Å². The van der Waals surface area contributed by atoms with Gasteiger partial charge in [0, 0.05) is 86.5 Å². The molecule has 6 heterocycles. The highest BCUT2D eigenvalue weighted by molar-refractivity contribution is 7.85. The number of benzene rings is 4. The van der Waals surface area contributed by atoms with Gasteiger partial charge >= 0.3 is 18.0 Å². The number of carboxylic acids is 2. The molecule has 5 fully saturated rings. The van der Waals surface area contributed by atoms with Crippen molar-refractivity contribution in [3.05, 3.63) is 160 Å². The van der Waals surface area contributed by atoms with Crippen LogP contribution in [0.3, 0.4) is 0 Å². The quantitative estimate of drug-likeness (QED) is 0.0102. The van der Waals surface area contributed by atoms with E-state index in [1.807, 2.05) is 52.9 Å². The molecule has 14 rings (SSSR count). The van der Waals surface area contributed by atoms with Crippen molar-refractivity contribution in [3.8, 4) is 16.9 Å². The summed E-state index contributed by atoms with van der Waals surface area (Å²) in [5.41, 5.74) is 4.26. The van der Waals surface area contributed by atoms with Gasteiger partial charge in [-0.15, -0.1) is 0 Å². The number of aliphatic hydroxyl groups is 3. The van der Waals surface area contributed by atoms with E-state index in [1.54, 1.807) is 69.6 Å². The number of ether oxygens (including phenoxy) is 15. The van der Waals surface area contributed by atoms with Crippen LogP contribution in [-0.2, 0) is 144 Å². The number of nitrogens with one attached hydrogen (secondary N) is 4. The van der Waals surface area contributed by atoms with Crippen molar-refractivity contribution in [1.29, 1.82) is 0 Å². The molecule has 3 unspecified atom stereocenters. The van der Waals surface area contributed by atoms with E-state index < -0.39 is 137 Å². The molecule has 10 atom stereocenters. The zero-order chi connectivity index (χ0) is 106. The van der Waals surface area contributed by atoms with Crippen molar-refractivity contribution >= 4 is 102 Å². The number of aryl methyl sites for hydroxylation is 1. The molecule has 0 spiro atoms. The van der Waals surface area contributed by atoms with Crippen LogP contribution >= 0.6 is 11.3 Å². The van der Waals surface area contributed by atoms with Gasteiger partial charge in [-0.2, -0.15) is 13.5 Å². The molecule has 4 aromatic carbocycles. The van der Waals surface area contributed by atoms with E-state index in [2.05, 4.69) is 40.1 Å². The monoisotopic (exact) mass is 2120 g/mol. The number of para-hydroxylation sites is 1. The normalized spacial score (nSPS) is 21.5. The highest BCUT2D eigenvalue weighted by Crippen LogP contribution is 2.72. The number of aliphatic carboxylic acids is 1. The number of thiazole rings is 1. The van der Waals surface area contributed by atoms with E-state index >= 15 is 0 Å². The van der Waals surface area contributed by atoms with Crippen LogP contribution in [0, 0.1) is 29.1 Å². The minimum atomic E-state index is -4.67. The molecule has 0 radical (unpaired) electrons. The number of hydrogen-bond donors (Lipinski definition) is 10. The Morgan fingerprint density at radius 3 is 1.79 bits per heavy atom. The van der Waals surface area contributed by atoms with Gasteiger partial charge in [0.2, 0.25) is 17.7 Å². The number of pyridine rings is 1. The number of carboxylic acid groups (broad SMARTS) is 2. The first-order valence-corrected chi connectivity index (χ1v) is 52.7. The molecule has 45 heteroatoms. The number of imide groups is 1. The fourth-order valence-corrected chi connectivity index (χ4v) is 22.4. The van der Waals surface area contributed by atoms with Crippen molar-refractivity contribution in [2.24, 2.45) is 22.2 Å². The second-order valence-corrected chi connectivity index (χ2v) is 42.0. The predicted octanol–water partition coefficient (Wildman–Crippen LogP) is 7.22. The zero-order valence-electron chi connectivity index (χ0n) is 85.2. The molecule has 1 saturated heterocycles. The second kappa shape index (κ2) is 54.8. The van der Waals surface area contributed by atoms with Crippen LogP contribution in [0.15, 0.2) is 115 Å². The molecule has 10 N–H and O–H groups in total. The Hall–Kier alpha value is -11.0. The molecule has 7 amide bonds. The number of carbonyl (C=O) groups is 9. The summed E-state index contributed by atoms with van der Waals surface area (Å²) in [6.07, 6.45) is -1.83. The molecule has 43 nitrogen and oxygen atoms in total. The molecular formula is C104H139N11O32S2. The topological polar surface area (TPSA) is 549 Å². The number of carbonyl (C=O) groups excluding carboxylic acids is 7. The lowest BCUT2D eigenvalue weighted by molar-refractivity contribution is -0.248. The summed E-state index contributed by atoms with van der Waals surface area (Å²) in [5.74, 6) is -7.75. The summed E-state index contributed by atoms with van der Waals surface area (Å²) in [6.45, 7) is 20.1. The first kappa shape index (κ1) is 115. The number of amides is 7. The average molecular weight is 2120 g/mol. The Kier molecular flexibility index (Phi) is 42.3. The first-order valence-electron chi connectivity index (χ1n) is 50.3. The Labute approximate surface area is 869 Å². The van der Waals surface area contributed by atoms with Crippen LogP contribution in [0.5, 0.6) is 5.75 Å². The number of anilines is 3. The van der Waals surface area contributed by atoms with Gasteiger partial charge in [0.15, 0.2) is 16.9 Å². The van der Waals surface area contributed by atoms with Crippen LogP contribution in [0.2, 0.25) is 0 Å². The van der Waals surface area contributed by atoms with E-state index in [0.29, 0.717) is 222 Å². The summed E-state index contributed by atoms with van der Waals surface area (Å²) >= 11 is 1.38. The molecule has 7 aromatic rings. The van der Waals surface area contributed by atoms with Crippen molar-refractivity contribution in [3.63, 3.8) is 0 Å². The summed E-state index contributed by atoms with van der Waals surface area (Å²) in [5, 5.41) is 69.7. The molecule has 7 aliphatic rings. The Morgan fingerprint density at radius 1 is 0.617 bits per heavy atom.